The maximum absolute atomic E-state index is 10.5. The predicted octanol–water partition coefficient (Wildman–Crippen LogP) is 5.93. The number of rotatable bonds is 3. The molecule has 0 spiro atoms. The van der Waals surface area contributed by atoms with Crippen LogP contribution in [0.4, 0.5) is 11.4 Å². The molecule has 132 valence electrons. The first-order valence-corrected chi connectivity index (χ1v) is 8.37. The van der Waals surface area contributed by atoms with Gasteiger partial charge in [0.15, 0.2) is 0 Å². The number of aryl methyl sites for hydroxylation is 1. The first-order valence-electron chi connectivity index (χ1n) is 7.58. The van der Waals surface area contributed by atoms with E-state index in [1.807, 2.05) is 31.2 Å². The van der Waals surface area contributed by atoms with Crippen LogP contribution in [0.1, 0.15) is 5.56 Å². The number of halogens is 1. The maximum Gasteiger partial charge on any atom is 0.269 e. The predicted molar refractivity (Wildman–Crippen MR) is 104 cm³/mol. The molecule has 0 aromatic heterocycles. The second-order valence-corrected chi connectivity index (χ2v) is 6.32. The van der Waals surface area contributed by atoms with E-state index in [2.05, 4.69) is 15.9 Å². The average Bonchev–Trinajstić information content (AvgIpc) is 2.63. The summed E-state index contributed by atoms with van der Waals surface area (Å²) in [6.07, 6.45) is 0. The molecule has 26 heavy (non-hydrogen) atoms. The Balaban J connectivity index is 0.000000209. The van der Waals surface area contributed by atoms with Crippen molar-refractivity contribution in [3.05, 3.63) is 103 Å². The Hall–Kier alpha value is -3.06. The SMILES string of the molecule is Cc1ccc(-c2ccc([N+](=O)[O-])cc2)cc1.O=[N+]([O-])c1ccc(Br)cc1. The third kappa shape index (κ3) is 5.49. The van der Waals surface area contributed by atoms with Gasteiger partial charge in [-0.2, -0.15) is 0 Å². The summed E-state index contributed by atoms with van der Waals surface area (Å²) in [6, 6.07) is 20.8. The molecule has 0 N–H and O–H groups in total. The lowest BCUT2D eigenvalue weighted by Gasteiger charge is -2.01. The van der Waals surface area contributed by atoms with Gasteiger partial charge in [0.2, 0.25) is 0 Å². The molecule has 7 heteroatoms. The van der Waals surface area contributed by atoms with Gasteiger partial charge in [-0.3, -0.25) is 20.2 Å². The normalized spacial score (nSPS) is 9.77. The Bertz CT molecular complexity index is 892. The van der Waals surface area contributed by atoms with Crippen LogP contribution >= 0.6 is 15.9 Å². The topological polar surface area (TPSA) is 86.3 Å². The van der Waals surface area contributed by atoms with E-state index in [4.69, 9.17) is 0 Å². The molecule has 3 aromatic rings. The number of hydrogen-bond acceptors (Lipinski definition) is 4. The van der Waals surface area contributed by atoms with Crippen molar-refractivity contribution < 1.29 is 9.85 Å². The van der Waals surface area contributed by atoms with Crippen LogP contribution in [0.2, 0.25) is 0 Å². The van der Waals surface area contributed by atoms with E-state index in [1.165, 1.54) is 29.8 Å². The first kappa shape index (κ1) is 19.3. The van der Waals surface area contributed by atoms with Crippen molar-refractivity contribution in [2.45, 2.75) is 6.92 Å². The quantitative estimate of drug-likeness (QED) is 0.392. The fourth-order valence-electron chi connectivity index (χ4n) is 2.08. The van der Waals surface area contributed by atoms with Crippen molar-refractivity contribution in [3.8, 4) is 11.1 Å². The van der Waals surface area contributed by atoms with Gasteiger partial charge in [-0.1, -0.05) is 45.8 Å². The highest BCUT2D eigenvalue weighted by molar-refractivity contribution is 9.10. The largest absolute Gasteiger partial charge is 0.269 e. The van der Waals surface area contributed by atoms with Crippen LogP contribution in [0.3, 0.4) is 0 Å². The zero-order valence-corrected chi connectivity index (χ0v) is 15.4. The third-order valence-electron chi connectivity index (χ3n) is 3.50. The van der Waals surface area contributed by atoms with Gasteiger partial charge in [-0.15, -0.1) is 0 Å². The first-order chi connectivity index (χ1) is 12.4. The van der Waals surface area contributed by atoms with E-state index in [-0.39, 0.29) is 16.3 Å². The van der Waals surface area contributed by atoms with Crippen molar-refractivity contribution in [2.24, 2.45) is 0 Å². The van der Waals surface area contributed by atoms with Crippen molar-refractivity contribution in [1.82, 2.24) is 0 Å². The van der Waals surface area contributed by atoms with Crippen molar-refractivity contribution in [1.29, 1.82) is 0 Å². The fourth-order valence-corrected chi connectivity index (χ4v) is 2.35. The van der Waals surface area contributed by atoms with Gasteiger partial charge in [-0.25, -0.2) is 0 Å². The zero-order valence-electron chi connectivity index (χ0n) is 13.8. The Kier molecular flexibility index (Phi) is 6.57. The molecule has 0 saturated carbocycles. The molecular formula is C19H15BrN2O4. The average molecular weight is 415 g/mol. The van der Waals surface area contributed by atoms with Crippen LogP contribution in [0.5, 0.6) is 0 Å². The molecule has 6 nitrogen and oxygen atoms in total. The van der Waals surface area contributed by atoms with Gasteiger partial charge >= 0.3 is 0 Å². The summed E-state index contributed by atoms with van der Waals surface area (Å²) in [6.45, 7) is 2.03. The molecule has 0 aliphatic carbocycles. The Morgan fingerprint density at radius 3 is 1.38 bits per heavy atom. The number of hydrogen-bond donors (Lipinski definition) is 0. The second-order valence-electron chi connectivity index (χ2n) is 5.40. The highest BCUT2D eigenvalue weighted by Gasteiger charge is 2.04. The molecule has 3 aromatic carbocycles. The Morgan fingerprint density at radius 1 is 0.654 bits per heavy atom. The highest BCUT2D eigenvalue weighted by atomic mass is 79.9. The van der Waals surface area contributed by atoms with E-state index < -0.39 is 4.92 Å². The minimum atomic E-state index is -0.424. The molecule has 0 unspecified atom stereocenters. The molecule has 0 bridgehead atoms. The van der Waals surface area contributed by atoms with Gasteiger partial charge in [-0.05, 0) is 42.3 Å². The van der Waals surface area contributed by atoms with Crippen LogP contribution in [-0.2, 0) is 0 Å². The summed E-state index contributed by atoms with van der Waals surface area (Å²) in [5, 5.41) is 20.6. The van der Waals surface area contributed by atoms with E-state index >= 15 is 0 Å². The number of nitro benzene ring substituents is 2. The monoisotopic (exact) mass is 414 g/mol. The van der Waals surface area contributed by atoms with Gasteiger partial charge in [0.05, 0.1) is 9.85 Å². The number of non-ortho nitro benzene ring substituents is 2. The van der Waals surface area contributed by atoms with Crippen molar-refractivity contribution >= 4 is 27.3 Å². The van der Waals surface area contributed by atoms with E-state index in [1.54, 1.807) is 24.3 Å². The molecule has 0 saturated heterocycles. The lowest BCUT2D eigenvalue weighted by molar-refractivity contribution is -0.385. The van der Waals surface area contributed by atoms with Crippen LogP contribution in [0.25, 0.3) is 11.1 Å². The number of nitro groups is 2. The summed E-state index contributed by atoms with van der Waals surface area (Å²) < 4.78 is 0.845. The van der Waals surface area contributed by atoms with Crippen LogP contribution in [-0.4, -0.2) is 9.85 Å². The molecule has 0 atom stereocenters. The summed E-state index contributed by atoms with van der Waals surface area (Å²) in [7, 11) is 0. The Labute approximate surface area is 158 Å². The molecular weight excluding hydrogens is 400 g/mol. The number of nitrogens with zero attached hydrogens (tertiary/aromatic N) is 2. The lowest BCUT2D eigenvalue weighted by atomic mass is 10.0. The standard InChI is InChI=1S/C13H11NO2.C6H4BrNO2/c1-10-2-4-11(5-3-10)12-6-8-13(9-7-12)14(15)16;7-5-1-3-6(4-2-5)8(9)10/h2-9H,1H3;1-4H. The summed E-state index contributed by atoms with van der Waals surface area (Å²) in [5.41, 5.74) is 3.50. The second kappa shape index (κ2) is 8.87. The third-order valence-corrected chi connectivity index (χ3v) is 4.03. The molecule has 0 aliphatic rings. The maximum atomic E-state index is 10.5. The lowest BCUT2D eigenvalue weighted by Crippen LogP contribution is -1.87. The van der Waals surface area contributed by atoms with E-state index in [0.717, 1.165) is 15.6 Å². The zero-order chi connectivity index (χ0) is 19.1. The van der Waals surface area contributed by atoms with Crippen LogP contribution in [0, 0.1) is 27.2 Å². The van der Waals surface area contributed by atoms with Gasteiger partial charge < -0.3 is 0 Å². The fraction of sp³-hybridized carbons (Fsp3) is 0.0526. The molecule has 0 aliphatic heterocycles. The highest BCUT2D eigenvalue weighted by Crippen LogP contribution is 2.22. The Morgan fingerprint density at radius 2 is 1.00 bits per heavy atom. The van der Waals surface area contributed by atoms with Crippen LogP contribution < -0.4 is 0 Å². The smallest absolute Gasteiger partial charge is 0.258 e. The molecule has 0 amide bonds. The van der Waals surface area contributed by atoms with Gasteiger partial charge in [0, 0.05) is 28.7 Å². The number of benzene rings is 3. The molecule has 3 rings (SSSR count). The van der Waals surface area contributed by atoms with Crippen LogP contribution in [0.15, 0.2) is 77.3 Å². The van der Waals surface area contributed by atoms with Crippen molar-refractivity contribution in [3.63, 3.8) is 0 Å². The summed E-state index contributed by atoms with van der Waals surface area (Å²) in [4.78, 5) is 19.8. The van der Waals surface area contributed by atoms with E-state index in [9.17, 15) is 20.2 Å². The minimum Gasteiger partial charge on any atom is -0.258 e. The van der Waals surface area contributed by atoms with E-state index in [0.29, 0.717) is 0 Å². The van der Waals surface area contributed by atoms with Crippen molar-refractivity contribution in [2.75, 3.05) is 0 Å². The van der Waals surface area contributed by atoms with Gasteiger partial charge in [0.1, 0.15) is 0 Å². The van der Waals surface area contributed by atoms with Gasteiger partial charge in [0.25, 0.3) is 11.4 Å². The molecule has 0 fully saturated rings. The molecule has 0 heterocycles. The summed E-state index contributed by atoms with van der Waals surface area (Å²) >= 11 is 3.17. The minimum absolute atomic E-state index is 0.114. The summed E-state index contributed by atoms with van der Waals surface area (Å²) in [5.74, 6) is 0. The molecule has 0 radical (unpaired) electrons.